The van der Waals surface area contributed by atoms with Gasteiger partial charge >= 0.3 is 0 Å². The molecule has 2 N–H and O–H groups in total. The number of aromatic nitrogens is 1. The average Bonchev–Trinajstić information content (AvgIpc) is 3.29. The third-order valence-corrected chi connectivity index (χ3v) is 4.99. The number of fused-ring (bicyclic) bond motifs is 1. The molecule has 3 aromatic rings. The monoisotopic (exact) mass is 526 g/mol. The van der Waals surface area contributed by atoms with E-state index in [4.69, 9.17) is 13.7 Å². The van der Waals surface area contributed by atoms with Crippen LogP contribution in [0.3, 0.4) is 0 Å². The van der Waals surface area contributed by atoms with Crippen LogP contribution < -0.4 is 15.4 Å². The van der Waals surface area contributed by atoms with Gasteiger partial charge in [-0.25, -0.2) is 0 Å². The van der Waals surface area contributed by atoms with E-state index in [9.17, 15) is 0 Å². The van der Waals surface area contributed by atoms with E-state index in [1.54, 1.807) is 7.05 Å². The molecule has 2 unspecified atom stereocenters. The van der Waals surface area contributed by atoms with Crippen molar-refractivity contribution < 1.29 is 13.7 Å². The van der Waals surface area contributed by atoms with Gasteiger partial charge in [0.25, 0.3) is 0 Å². The lowest BCUT2D eigenvalue weighted by atomic mass is 10.00. The second-order valence-electron chi connectivity index (χ2n) is 7.21. The highest BCUT2D eigenvalue weighted by molar-refractivity contribution is 14.0. The number of aryl methyl sites for hydroxylation is 2. The van der Waals surface area contributed by atoms with E-state index < -0.39 is 0 Å². The van der Waals surface area contributed by atoms with Crippen LogP contribution in [0.2, 0.25) is 0 Å². The van der Waals surface area contributed by atoms with Crippen LogP contribution in [0.5, 0.6) is 5.75 Å². The molecular formula is C22H31IN4O3. The van der Waals surface area contributed by atoms with Crippen molar-refractivity contribution in [1.82, 2.24) is 15.8 Å². The fourth-order valence-corrected chi connectivity index (χ4v) is 3.56. The van der Waals surface area contributed by atoms with Crippen molar-refractivity contribution in [3.63, 3.8) is 0 Å². The summed E-state index contributed by atoms with van der Waals surface area (Å²) in [7, 11) is 1.76. The van der Waals surface area contributed by atoms with Crippen molar-refractivity contribution in [3.8, 4) is 5.75 Å². The molecule has 2 aromatic heterocycles. The number of nitrogens with zero attached hydrogens (tertiary/aromatic N) is 2. The zero-order valence-electron chi connectivity index (χ0n) is 18.4. The Kier molecular flexibility index (Phi) is 8.57. The Morgan fingerprint density at radius 2 is 2.03 bits per heavy atom. The SMILES string of the molecule is CCOc1cccc2cc(C(C)NC(=NC)NCC(C)c3c(C)noc3C)oc12.I. The molecule has 30 heavy (non-hydrogen) atoms. The Balaban J connectivity index is 0.00000320. The number of rotatable bonds is 7. The summed E-state index contributed by atoms with van der Waals surface area (Å²) in [6.45, 7) is 11.4. The van der Waals surface area contributed by atoms with Crippen LogP contribution in [0, 0.1) is 13.8 Å². The van der Waals surface area contributed by atoms with Crippen molar-refractivity contribution in [2.24, 2.45) is 4.99 Å². The van der Waals surface area contributed by atoms with E-state index in [1.165, 1.54) is 0 Å². The first-order chi connectivity index (χ1) is 13.9. The molecule has 0 spiro atoms. The van der Waals surface area contributed by atoms with Gasteiger partial charge in [-0.15, -0.1) is 24.0 Å². The number of ether oxygens (including phenoxy) is 1. The number of halogens is 1. The minimum Gasteiger partial charge on any atom is -0.490 e. The van der Waals surface area contributed by atoms with Crippen molar-refractivity contribution >= 4 is 40.9 Å². The van der Waals surface area contributed by atoms with E-state index in [-0.39, 0.29) is 35.9 Å². The molecule has 0 aliphatic carbocycles. The summed E-state index contributed by atoms with van der Waals surface area (Å²) >= 11 is 0. The molecule has 8 heteroatoms. The number of aliphatic imine (C=N–C) groups is 1. The quantitative estimate of drug-likeness (QED) is 0.254. The zero-order valence-corrected chi connectivity index (χ0v) is 20.7. The highest BCUT2D eigenvalue weighted by Gasteiger charge is 2.18. The van der Waals surface area contributed by atoms with Crippen LogP contribution in [0.1, 0.15) is 55.5 Å². The van der Waals surface area contributed by atoms with Gasteiger partial charge in [-0.2, -0.15) is 0 Å². The second-order valence-corrected chi connectivity index (χ2v) is 7.21. The van der Waals surface area contributed by atoms with Crippen LogP contribution in [0.4, 0.5) is 0 Å². The Hall–Kier alpha value is -2.23. The Morgan fingerprint density at radius 1 is 1.27 bits per heavy atom. The molecule has 0 saturated carbocycles. The molecule has 2 heterocycles. The molecule has 2 atom stereocenters. The molecular weight excluding hydrogens is 495 g/mol. The largest absolute Gasteiger partial charge is 0.490 e. The van der Waals surface area contributed by atoms with E-state index in [0.29, 0.717) is 19.1 Å². The Bertz CT molecular complexity index is 976. The molecule has 0 aliphatic rings. The van der Waals surface area contributed by atoms with Gasteiger partial charge in [-0.1, -0.05) is 24.2 Å². The van der Waals surface area contributed by atoms with Gasteiger partial charge in [0.05, 0.1) is 18.3 Å². The molecule has 0 fully saturated rings. The second kappa shape index (κ2) is 10.7. The highest BCUT2D eigenvalue weighted by atomic mass is 127. The normalized spacial score (nSPS) is 13.6. The van der Waals surface area contributed by atoms with Crippen molar-refractivity contribution in [3.05, 3.63) is 47.0 Å². The average molecular weight is 526 g/mol. The van der Waals surface area contributed by atoms with Gasteiger partial charge in [0.2, 0.25) is 0 Å². The summed E-state index contributed by atoms with van der Waals surface area (Å²) in [6, 6.07) is 7.90. The molecule has 3 rings (SSSR count). The van der Waals surface area contributed by atoms with Gasteiger partial charge in [-0.3, -0.25) is 4.99 Å². The number of hydrogen-bond donors (Lipinski definition) is 2. The van der Waals surface area contributed by atoms with Crippen molar-refractivity contribution in [2.75, 3.05) is 20.2 Å². The smallest absolute Gasteiger partial charge is 0.191 e. The van der Waals surface area contributed by atoms with Gasteiger partial charge in [0.15, 0.2) is 17.3 Å². The minimum atomic E-state index is -0.0579. The number of hydrogen-bond acceptors (Lipinski definition) is 5. The maximum absolute atomic E-state index is 6.08. The predicted octanol–water partition coefficient (Wildman–Crippen LogP) is 5.08. The lowest BCUT2D eigenvalue weighted by molar-refractivity contribution is 0.336. The number of furan rings is 1. The molecule has 0 aliphatic heterocycles. The molecule has 0 amide bonds. The van der Waals surface area contributed by atoms with E-state index >= 15 is 0 Å². The topological polar surface area (TPSA) is 84.8 Å². The predicted molar refractivity (Wildman–Crippen MR) is 130 cm³/mol. The fourth-order valence-electron chi connectivity index (χ4n) is 3.56. The van der Waals surface area contributed by atoms with Crippen LogP contribution in [-0.4, -0.2) is 31.3 Å². The van der Waals surface area contributed by atoms with Crippen LogP contribution >= 0.6 is 24.0 Å². The van der Waals surface area contributed by atoms with Crippen molar-refractivity contribution in [2.45, 2.75) is 46.6 Å². The third kappa shape index (κ3) is 5.27. The molecule has 0 saturated heterocycles. The standard InChI is InChI=1S/C22H30N4O3.HI/c1-7-27-18-10-8-9-17-11-19(28-21(17)18)14(3)25-22(23-6)24-12-13(2)20-15(4)26-29-16(20)5;/h8-11,13-14H,7,12H2,1-6H3,(H2,23,24,25);1H. The highest BCUT2D eigenvalue weighted by Crippen LogP contribution is 2.31. The van der Waals surface area contributed by atoms with Gasteiger partial charge < -0.3 is 24.3 Å². The summed E-state index contributed by atoms with van der Waals surface area (Å²) in [5.41, 5.74) is 2.84. The maximum Gasteiger partial charge on any atom is 0.191 e. The minimum absolute atomic E-state index is 0. The molecule has 164 valence electrons. The van der Waals surface area contributed by atoms with Crippen molar-refractivity contribution in [1.29, 1.82) is 0 Å². The molecule has 0 radical (unpaired) electrons. The molecule has 7 nitrogen and oxygen atoms in total. The summed E-state index contributed by atoms with van der Waals surface area (Å²) in [5, 5.41) is 11.8. The summed E-state index contributed by atoms with van der Waals surface area (Å²) in [4.78, 5) is 4.34. The zero-order chi connectivity index (χ0) is 21.0. The van der Waals surface area contributed by atoms with Gasteiger partial charge in [-0.05, 0) is 39.8 Å². The maximum atomic E-state index is 6.08. The number of benzene rings is 1. The van der Waals surface area contributed by atoms with Crippen LogP contribution in [0.25, 0.3) is 11.0 Å². The first-order valence-electron chi connectivity index (χ1n) is 9.99. The number of nitrogens with one attached hydrogen (secondary N) is 2. The first-order valence-corrected chi connectivity index (χ1v) is 9.99. The van der Waals surface area contributed by atoms with Gasteiger partial charge in [0.1, 0.15) is 11.5 Å². The Morgan fingerprint density at radius 3 is 2.67 bits per heavy atom. The van der Waals surface area contributed by atoms with E-state index in [0.717, 1.165) is 39.5 Å². The first kappa shape index (κ1) is 24.0. The van der Waals surface area contributed by atoms with E-state index in [2.05, 4.69) is 27.7 Å². The number of para-hydroxylation sites is 1. The van der Waals surface area contributed by atoms with Crippen LogP contribution in [0.15, 0.2) is 38.2 Å². The fraction of sp³-hybridized carbons (Fsp3) is 0.455. The summed E-state index contributed by atoms with van der Waals surface area (Å²) < 4.78 is 17.0. The van der Waals surface area contributed by atoms with Gasteiger partial charge in [0, 0.05) is 30.5 Å². The lowest BCUT2D eigenvalue weighted by Gasteiger charge is -2.18. The van der Waals surface area contributed by atoms with Crippen LogP contribution in [-0.2, 0) is 0 Å². The summed E-state index contributed by atoms with van der Waals surface area (Å²) in [6.07, 6.45) is 0. The lowest BCUT2D eigenvalue weighted by Crippen LogP contribution is -2.40. The van der Waals surface area contributed by atoms with E-state index in [1.807, 2.05) is 52.0 Å². The number of guanidine groups is 1. The third-order valence-electron chi connectivity index (χ3n) is 4.99. The molecule has 0 bridgehead atoms. The Labute approximate surface area is 194 Å². The summed E-state index contributed by atoms with van der Waals surface area (Å²) in [5.74, 6) is 3.41. The molecule has 1 aromatic carbocycles.